The number of pyridine rings is 1. The first-order valence-electron chi connectivity index (χ1n) is 9.05. The molecule has 1 amide bonds. The molecule has 4 rings (SSSR count). The van der Waals surface area contributed by atoms with Crippen LogP contribution in [0.3, 0.4) is 0 Å². The van der Waals surface area contributed by atoms with E-state index in [1.54, 1.807) is 6.07 Å². The second kappa shape index (κ2) is 7.50. The number of thiophene rings is 1. The molecular weight excluding hydrogens is 427 g/mol. The van der Waals surface area contributed by atoms with Crippen molar-refractivity contribution in [2.75, 3.05) is 13.1 Å². The number of halogens is 5. The van der Waals surface area contributed by atoms with Gasteiger partial charge in [-0.1, -0.05) is 6.07 Å². The molecule has 0 saturated carbocycles. The highest BCUT2D eigenvalue weighted by Gasteiger charge is 2.34. The van der Waals surface area contributed by atoms with E-state index in [0.717, 1.165) is 15.9 Å². The third-order valence-corrected chi connectivity index (χ3v) is 6.02. The van der Waals surface area contributed by atoms with E-state index >= 15 is 0 Å². The van der Waals surface area contributed by atoms with Crippen molar-refractivity contribution in [3.05, 3.63) is 57.6 Å². The Balaban J connectivity index is 1.74. The second-order valence-corrected chi connectivity index (χ2v) is 7.97. The molecule has 3 aromatic rings. The summed E-state index contributed by atoms with van der Waals surface area (Å²) in [5.41, 5.74) is -1.68. The first kappa shape index (κ1) is 20.5. The minimum Gasteiger partial charge on any atom is -0.338 e. The number of carbonyl (C=O) groups is 1. The number of rotatable bonds is 3. The Bertz CT molecular complexity index is 1180. The van der Waals surface area contributed by atoms with E-state index in [-0.39, 0.29) is 42.6 Å². The van der Waals surface area contributed by atoms with Gasteiger partial charge in [0.15, 0.2) is 0 Å². The van der Waals surface area contributed by atoms with E-state index in [0.29, 0.717) is 16.8 Å². The monoisotopic (exact) mass is 442 g/mol. The molecule has 30 heavy (non-hydrogen) atoms. The van der Waals surface area contributed by atoms with Crippen LogP contribution in [-0.4, -0.2) is 34.6 Å². The number of fused-ring (bicyclic) bond motifs is 1. The smallest absolute Gasteiger partial charge is 0.338 e. The zero-order valence-corrected chi connectivity index (χ0v) is 16.2. The van der Waals surface area contributed by atoms with Gasteiger partial charge in [-0.25, -0.2) is 8.78 Å². The van der Waals surface area contributed by atoms with Crippen LogP contribution in [0.1, 0.15) is 12.0 Å². The molecule has 0 unspecified atom stereocenters. The molecule has 4 nitrogen and oxygen atoms in total. The van der Waals surface area contributed by atoms with E-state index in [2.05, 4.69) is 0 Å². The Morgan fingerprint density at radius 2 is 2.00 bits per heavy atom. The Labute approximate surface area is 171 Å². The van der Waals surface area contributed by atoms with Crippen molar-refractivity contribution >= 4 is 27.3 Å². The summed E-state index contributed by atoms with van der Waals surface area (Å²) in [5.74, 6) is -1.81. The summed E-state index contributed by atoms with van der Waals surface area (Å²) in [6.45, 7) is -0.0418. The maximum absolute atomic E-state index is 13.6. The number of hydrogen-bond donors (Lipinski definition) is 0. The van der Waals surface area contributed by atoms with E-state index in [4.69, 9.17) is 0 Å². The number of carbonyl (C=O) groups excluding carboxylic acids is 1. The number of hydrogen-bond acceptors (Lipinski definition) is 3. The van der Waals surface area contributed by atoms with Gasteiger partial charge >= 0.3 is 6.18 Å². The zero-order chi connectivity index (χ0) is 21.6. The van der Waals surface area contributed by atoms with Gasteiger partial charge in [0.2, 0.25) is 5.91 Å². The summed E-state index contributed by atoms with van der Waals surface area (Å²) in [5, 5.41) is 1.68. The van der Waals surface area contributed by atoms with Crippen molar-refractivity contribution in [3.63, 3.8) is 0 Å². The predicted octanol–water partition coefficient (Wildman–Crippen LogP) is 4.46. The van der Waals surface area contributed by atoms with Gasteiger partial charge in [-0.15, -0.1) is 11.3 Å². The molecule has 0 N–H and O–H groups in total. The average molecular weight is 442 g/mol. The summed E-state index contributed by atoms with van der Waals surface area (Å²) < 4.78 is 67.9. The molecule has 3 heterocycles. The van der Waals surface area contributed by atoms with Crippen molar-refractivity contribution in [3.8, 4) is 11.1 Å². The SMILES string of the molecule is O=C(Cn1ccc2scc(-c3ccc(F)c(C(F)(F)F)c3)c2c1=O)N1CC[C@@H](F)C1. The Hall–Kier alpha value is -2.75. The predicted molar refractivity (Wildman–Crippen MR) is 103 cm³/mol. The number of amides is 1. The molecule has 1 saturated heterocycles. The van der Waals surface area contributed by atoms with Gasteiger partial charge in [0, 0.05) is 28.4 Å². The number of aromatic nitrogens is 1. The van der Waals surface area contributed by atoms with Crippen LogP contribution in [0, 0.1) is 5.82 Å². The zero-order valence-electron chi connectivity index (χ0n) is 15.4. The molecule has 10 heteroatoms. The van der Waals surface area contributed by atoms with Crippen LogP contribution < -0.4 is 5.56 Å². The molecule has 2 aromatic heterocycles. The minimum atomic E-state index is -4.87. The number of likely N-dealkylation sites (tertiary alicyclic amines) is 1. The van der Waals surface area contributed by atoms with E-state index in [1.165, 1.54) is 22.5 Å². The van der Waals surface area contributed by atoms with Crippen LogP contribution in [0.15, 0.2) is 40.6 Å². The lowest BCUT2D eigenvalue weighted by molar-refractivity contribution is -0.140. The third kappa shape index (κ3) is 3.71. The van der Waals surface area contributed by atoms with Gasteiger partial charge in [-0.2, -0.15) is 13.2 Å². The molecule has 1 fully saturated rings. The van der Waals surface area contributed by atoms with Crippen molar-refractivity contribution in [2.45, 2.75) is 25.3 Å². The van der Waals surface area contributed by atoms with E-state index in [1.807, 2.05) is 0 Å². The van der Waals surface area contributed by atoms with Crippen LogP contribution in [-0.2, 0) is 17.5 Å². The van der Waals surface area contributed by atoms with E-state index < -0.39 is 35.2 Å². The topological polar surface area (TPSA) is 42.3 Å². The highest BCUT2D eigenvalue weighted by molar-refractivity contribution is 7.17. The maximum atomic E-state index is 13.6. The first-order valence-corrected chi connectivity index (χ1v) is 9.92. The largest absolute Gasteiger partial charge is 0.419 e. The fraction of sp³-hybridized carbons (Fsp3) is 0.300. The number of alkyl halides is 4. The Morgan fingerprint density at radius 1 is 1.23 bits per heavy atom. The Kier molecular flexibility index (Phi) is 5.13. The Morgan fingerprint density at radius 3 is 2.67 bits per heavy atom. The molecule has 158 valence electrons. The molecule has 1 aliphatic rings. The van der Waals surface area contributed by atoms with Crippen LogP contribution in [0.5, 0.6) is 0 Å². The minimum absolute atomic E-state index is 0.0185. The van der Waals surface area contributed by atoms with Crippen molar-refractivity contribution in [2.24, 2.45) is 0 Å². The summed E-state index contributed by atoms with van der Waals surface area (Å²) in [4.78, 5) is 26.7. The summed E-state index contributed by atoms with van der Waals surface area (Å²) in [7, 11) is 0. The van der Waals surface area contributed by atoms with Gasteiger partial charge in [0.05, 0.1) is 17.5 Å². The molecule has 0 bridgehead atoms. The maximum Gasteiger partial charge on any atom is 0.419 e. The summed E-state index contributed by atoms with van der Waals surface area (Å²) >= 11 is 1.16. The first-order chi connectivity index (χ1) is 14.1. The highest BCUT2D eigenvalue weighted by atomic mass is 32.1. The fourth-order valence-corrected chi connectivity index (χ4v) is 4.48. The second-order valence-electron chi connectivity index (χ2n) is 7.06. The fourth-order valence-electron chi connectivity index (χ4n) is 3.52. The highest BCUT2D eigenvalue weighted by Crippen LogP contribution is 2.37. The molecule has 0 aliphatic carbocycles. The molecule has 0 radical (unpaired) electrons. The third-order valence-electron chi connectivity index (χ3n) is 5.07. The quantitative estimate of drug-likeness (QED) is 0.563. The summed E-state index contributed by atoms with van der Waals surface area (Å²) in [6.07, 6.45) is -4.28. The van der Waals surface area contributed by atoms with Crippen LogP contribution in [0.2, 0.25) is 0 Å². The van der Waals surface area contributed by atoms with Gasteiger partial charge in [-0.05, 0) is 30.2 Å². The van der Waals surface area contributed by atoms with Crippen molar-refractivity contribution in [1.29, 1.82) is 0 Å². The van der Waals surface area contributed by atoms with Gasteiger partial charge in [0.25, 0.3) is 5.56 Å². The molecule has 1 aromatic carbocycles. The van der Waals surface area contributed by atoms with Crippen LogP contribution in [0.4, 0.5) is 22.0 Å². The molecule has 1 aliphatic heterocycles. The lowest BCUT2D eigenvalue weighted by Crippen LogP contribution is -2.35. The normalized spacial score (nSPS) is 17.1. The van der Waals surface area contributed by atoms with Crippen LogP contribution in [0.25, 0.3) is 21.2 Å². The van der Waals surface area contributed by atoms with E-state index in [9.17, 15) is 31.5 Å². The van der Waals surface area contributed by atoms with Crippen LogP contribution >= 0.6 is 11.3 Å². The molecule has 1 atom stereocenters. The van der Waals surface area contributed by atoms with Crippen molar-refractivity contribution < 1.29 is 26.7 Å². The number of benzene rings is 1. The lowest BCUT2D eigenvalue weighted by atomic mass is 10.0. The summed E-state index contributed by atoms with van der Waals surface area (Å²) in [6, 6.07) is 4.16. The molecule has 0 spiro atoms. The lowest BCUT2D eigenvalue weighted by Gasteiger charge is -2.16. The van der Waals surface area contributed by atoms with Gasteiger partial charge < -0.3 is 9.47 Å². The molecular formula is C20H15F5N2O2S. The standard InChI is InChI=1S/C20H15F5N2O2S/c21-12-3-5-26(8-12)17(28)9-27-6-4-16-18(19(27)29)13(10-30-16)11-1-2-15(22)14(7-11)20(23,24)25/h1-2,4,6-7,10,12H,3,5,8-9H2/t12-/m1/s1. The van der Waals surface area contributed by atoms with Gasteiger partial charge in [0.1, 0.15) is 18.5 Å². The number of nitrogens with zero attached hydrogens (tertiary/aromatic N) is 2. The van der Waals surface area contributed by atoms with Crippen molar-refractivity contribution in [1.82, 2.24) is 9.47 Å². The van der Waals surface area contributed by atoms with Gasteiger partial charge in [-0.3, -0.25) is 9.59 Å². The average Bonchev–Trinajstić information content (AvgIpc) is 3.30.